The first-order valence-electron chi connectivity index (χ1n) is 11.6. The summed E-state index contributed by atoms with van der Waals surface area (Å²) in [6.07, 6.45) is 3.15. The monoisotopic (exact) mass is 485 g/mol. The summed E-state index contributed by atoms with van der Waals surface area (Å²) in [7, 11) is 0. The third-order valence-electron chi connectivity index (χ3n) is 6.49. The van der Waals surface area contributed by atoms with Crippen molar-refractivity contribution in [2.24, 2.45) is 5.92 Å². The van der Waals surface area contributed by atoms with E-state index in [-0.39, 0.29) is 19.9 Å². The standard InChI is InChI=1S/C30H31NSe/c1-18(2)15-20-11-12-24-25-13-14-31-27(29(25)32-28(24)19(20)3)22-16-21-9-7-8-10-23(21)26(17-22)30(4,5)6/h7-14,16-18H,15H2,1-6H3. The van der Waals surface area contributed by atoms with E-state index in [1.165, 1.54) is 53.8 Å². The van der Waals surface area contributed by atoms with E-state index in [1.54, 1.807) is 4.26 Å². The maximum absolute atomic E-state index is 4.95. The van der Waals surface area contributed by atoms with Gasteiger partial charge in [-0.25, -0.2) is 0 Å². The second kappa shape index (κ2) is 7.87. The van der Waals surface area contributed by atoms with E-state index < -0.39 is 0 Å². The number of hydrogen-bond donors (Lipinski definition) is 0. The molecule has 0 radical (unpaired) electrons. The van der Waals surface area contributed by atoms with Crippen LogP contribution < -0.4 is 0 Å². The van der Waals surface area contributed by atoms with Crippen LogP contribution in [0, 0.1) is 12.8 Å². The van der Waals surface area contributed by atoms with Gasteiger partial charge in [-0.3, -0.25) is 0 Å². The minimum atomic E-state index is 0.0734. The van der Waals surface area contributed by atoms with E-state index in [2.05, 4.69) is 96.1 Å². The van der Waals surface area contributed by atoms with Crippen molar-refractivity contribution in [1.82, 2.24) is 4.98 Å². The van der Waals surface area contributed by atoms with Crippen LogP contribution in [0.2, 0.25) is 0 Å². The molecule has 0 aliphatic heterocycles. The molecular weight excluding hydrogens is 453 g/mol. The summed E-state index contributed by atoms with van der Waals surface area (Å²) in [4.78, 5) is 4.95. The first kappa shape index (κ1) is 21.4. The Balaban J connectivity index is 1.79. The van der Waals surface area contributed by atoms with Gasteiger partial charge in [0.05, 0.1) is 0 Å². The second-order valence-corrected chi connectivity index (χ2v) is 12.6. The molecule has 3 aromatic carbocycles. The van der Waals surface area contributed by atoms with Crippen molar-refractivity contribution < 1.29 is 0 Å². The molecule has 32 heavy (non-hydrogen) atoms. The van der Waals surface area contributed by atoms with Crippen molar-refractivity contribution in [3.8, 4) is 11.3 Å². The SMILES string of the molecule is Cc1c(CC(C)C)ccc2c1[se]c1c(-c3cc(C(C)(C)C)c4ccccc4c3)nccc12. The Morgan fingerprint density at radius 1 is 0.875 bits per heavy atom. The molecule has 0 bridgehead atoms. The molecule has 0 saturated carbocycles. The van der Waals surface area contributed by atoms with Gasteiger partial charge >= 0.3 is 198 Å². The molecule has 0 spiro atoms. The fourth-order valence-electron chi connectivity index (χ4n) is 4.88. The zero-order chi connectivity index (χ0) is 22.6. The van der Waals surface area contributed by atoms with Crippen LogP contribution in [0.1, 0.15) is 51.3 Å². The molecule has 2 heterocycles. The van der Waals surface area contributed by atoms with E-state index in [0.717, 1.165) is 6.42 Å². The van der Waals surface area contributed by atoms with E-state index in [4.69, 9.17) is 4.98 Å². The zero-order valence-corrected chi connectivity index (χ0v) is 21.6. The van der Waals surface area contributed by atoms with Gasteiger partial charge in [-0.05, 0) is 0 Å². The van der Waals surface area contributed by atoms with Crippen LogP contribution in [0.25, 0.3) is 41.3 Å². The number of pyridine rings is 1. The van der Waals surface area contributed by atoms with Crippen LogP contribution in [0.4, 0.5) is 0 Å². The van der Waals surface area contributed by atoms with Gasteiger partial charge in [-0.15, -0.1) is 0 Å². The second-order valence-electron chi connectivity index (χ2n) is 10.5. The zero-order valence-electron chi connectivity index (χ0n) is 19.9. The van der Waals surface area contributed by atoms with Crippen LogP contribution in [0.5, 0.6) is 0 Å². The molecule has 1 nitrogen and oxygen atoms in total. The van der Waals surface area contributed by atoms with Gasteiger partial charge in [0.1, 0.15) is 0 Å². The quantitative estimate of drug-likeness (QED) is 0.236. The van der Waals surface area contributed by atoms with Gasteiger partial charge in [-0.1, -0.05) is 0 Å². The fraction of sp³-hybridized carbons (Fsp3) is 0.300. The fourth-order valence-corrected chi connectivity index (χ4v) is 7.67. The maximum atomic E-state index is 4.95. The summed E-state index contributed by atoms with van der Waals surface area (Å²) in [6, 6.07) is 20.4. The molecule has 2 aromatic heterocycles. The number of aryl methyl sites for hydroxylation is 1. The van der Waals surface area contributed by atoms with Gasteiger partial charge in [0.25, 0.3) is 0 Å². The number of rotatable bonds is 3. The molecule has 5 rings (SSSR count). The topological polar surface area (TPSA) is 12.9 Å². The van der Waals surface area contributed by atoms with Gasteiger partial charge in [0.2, 0.25) is 0 Å². The summed E-state index contributed by atoms with van der Waals surface area (Å²) >= 11 is 0.277. The Kier molecular flexibility index (Phi) is 5.27. The van der Waals surface area contributed by atoms with Crippen molar-refractivity contribution in [2.75, 3.05) is 0 Å². The summed E-state index contributed by atoms with van der Waals surface area (Å²) in [5, 5.41) is 5.45. The van der Waals surface area contributed by atoms with Gasteiger partial charge in [0.15, 0.2) is 0 Å². The Bertz CT molecular complexity index is 1460. The molecule has 2 heteroatoms. The molecular formula is C30H31NSe. The third-order valence-corrected chi connectivity index (χ3v) is 9.32. The molecule has 0 N–H and O–H groups in total. The molecule has 0 amide bonds. The van der Waals surface area contributed by atoms with Crippen LogP contribution in [-0.4, -0.2) is 19.5 Å². The Hall–Kier alpha value is -2.41. The summed E-state index contributed by atoms with van der Waals surface area (Å²) in [6.45, 7) is 13.9. The summed E-state index contributed by atoms with van der Waals surface area (Å²) < 4.78 is 2.99. The van der Waals surface area contributed by atoms with Crippen LogP contribution in [0.15, 0.2) is 60.8 Å². The van der Waals surface area contributed by atoms with E-state index in [1.807, 2.05) is 6.20 Å². The Labute approximate surface area is 197 Å². The van der Waals surface area contributed by atoms with Crippen molar-refractivity contribution in [3.05, 3.63) is 77.5 Å². The normalized spacial score (nSPS) is 12.5. The number of aromatic nitrogens is 1. The molecule has 0 unspecified atom stereocenters. The van der Waals surface area contributed by atoms with Crippen LogP contribution >= 0.6 is 0 Å². The summed E-state index contributed by atoms with van der Waals surface area (Å²) in [5.74, 6) is 0.675. The number of nitrogens with zero attached hydrogens (tertiary/aromatic N) is 1. The summed E-state index contributed by atoms with van der Waals surface area (Å²) in [5.41, 5.74) is 6.88. The molecule has 162 valence electrons. The van der Waals surface area contributed by atoms with Gasteiger partial charge in [0, 0.05) is 0 Å². The first-order chi connectivity index (χ1) is 15.2. The molecule has 0 aliphatic rings. The van der Waals surface area contributed by atoms with Crippen LogP contribution in [0.3, 0.4) is 0 Å². The van der Waals surface area contributed by atoms with E-state index >= 15 is 0 Å². The van der Waals surface area contributed by atoms with Crippen molar-refractivity contribution in [3.63, 3.8) is 0 Å². The molecule has 0 fully saturated rings. The van der Waals surface area contributed by atoms with E-state index in [0.29, 0.717) is 5.92 Å². The van der Waals surface area contributed by atoms with Crippen LogP contribution in [-0.2, 0) is 11.8 Å². The third kappa shape index (κ3) is 3.60. The van der Waals surface area contributed by atoms with Gasteiger partial charge < -0.3 is 0 Å². The number of hydrogen-bond acceptors (Lipinski definition) is 1. The molecule has 0 atom stereocenters. The van der Waals surface area contributed by atoms with Gasteiger partial charge in [-0.2, -0.15) is 0 Å². The first-order valence-corrected chi connectivity index (χ1v) is 13.3. The number of fused-ring (bicyclic) bond motifs is 4. The molecule has 0 saturated heterocycles. The van der Waals surface area contributed by atoms with Crippen molar-refractivity contribution in [2.45, 2.75) is 53.4 Å². The predicted octanol–water partition coefficient (Wildman–Crippen LogP) is 8.07. The Morgan fingerprint density at radius 2 is 1.62 bits per heavy atom. The Morgan fingerprint density at radius 3 is 2.38 bits per heavy atom. The predicted molar refractivity (Wildman–Crippen MR) is 141 cm³/mol. The van der Waals surface area contributed by atoms with E-state index in [9.17, 15) is 0 Å². The molecule has 0 aliphatic carbocycles. The average molecular weight is 485 g/mol. The average Bonchev–Trinajstić information content (AvgIpc) is 3.13. The van der Waals surface area contributed by atoms with Crippen molar-refractivity contribution >= 4 is 44.6 Å². The van der Waals surface area contributed by atoms with Crippen molar-refractivity contribution in [1.29, 1.82) is 0 Å². The molecule has 5 aromatic rings. The number of benzene rings is 3. The minimum absolute atomic E-state index is 0.0734.